The van der Waals surface area contributed by atoms with Crippen LogP contribution in [-0.4, -0.2) is 55.1 Å². The summed E-state index contributed by atoms with van der Waals surface area (Å²) in [5.41, 5.74) is 5.53. The molecule has 8 heteroatoms. The van der Waals surface area contributed by atoms with E-state index in [2.05, 4.69) is 15.0 Å². The number of aromatic nitrogens is 3. The lowest BCUT2D eigenvalue weighted by Crippen LogP contribution is -2.12. The van der Waals surface area contributed by atoms with E-state index in [-0.39, 0.29) is 18.0 Å². The second kappa shape index (κ2) is 9.29. The Labute approximate surface area is 112 Å². The van der Waals surface area contributed by atoms with Crippen LogP contribution in [0.1, 0.15) is 13.3 Å². The smallest absolute Gasteiger partial charge is 0.324 e. The van der Waals surface area contributed by atoms with Crippen LogP contribution in [0.2, 0.25) is 0 Å². The summed E-state index contributed by atoms with van der Waals surface area (Å²) >= 11 is 0. The molecule has 0 aliphatic rings. The monoisotopic (exact) mass is 272 g/mol. The number of anilines is 1. The summed E-state index contributed by atoms with van der Waals surface area (Å²) in [6.07, 6.45) is 0.856. The second-order valence-electron chi connectivity index (χ2n) is 3.56. The zero-order valence-electron chi connectivity index (χ0n) is 11.3. The SMILES string of the molecule is CCCOc1nc(N)nc(OCCOCCOC)n1. The van der Waals surface area contributed by atoms with Gasteiger partial charge in [-0.2, -0.15) is 9.97 Å². The normalized spacial score (nSPS) is 10.4. The number of methoxy groups -OCH3 is 1. The standard InChI is InChI=1S/C11H20N4O4/c1-3-4-18-10-13-9(12)14-11(15-10)19-8-7-17-6-5-16-2/h3-8H2,1-2H3,(H2,12,13,14,15). The Balaban J connectivity index is 2.34. The summed E-state index contributed by atoms with van der Waals surface area (Å²) < 4.78 is 20.6. The van der Waals surface area contributed by atoms with Crippen LogP contribution in [-0.2, 0) is 9.47 Å². The molecule has 1 heterocycles. The minimum atomic E-state index is 0.0661. The van der Waals surface area contributed by atoms with Crippen molar-refractivity contribution >= 4 is 5.95 Å². The molecular formula is C11H20N4O4. The van der Waals surface area contributed by atoms with Gasteiger partial charge >= 0.3 is 12.0 Å². The fourth-order valence-electron chi connectivity index (χ4n) is 1.11. The van der Waals surface area contributed by atoms with Crippen LogP contribution in [0.5, 0.6) is 12.0 Å². The highest BCUT2D eigenvalue weighted by atomic mass is 16.5. The summed E-state index contributed by atoms with van der Waals surface area (Å²) in [7, 11) is 1.62. The number of nitrogens with two attached hydrogens (primary N) is 1. The van der Waals surface area contributed by atoms with Gasteiger partial charge in [0.1, 0.15) is 6.61 Å². The first-order chi connectivity index (χ1) is 9.26. The van der Waals surface area contributed by atoms with Crippen LogP contribution in [0.4, 0.5) is 5.95 Å². The summed E-state index contributed by atoms with van der Waals surface area (Å²) in [5.74, 6) is 0.0661. The van der Waals surface area contributed by atoms with Crippen molar-refractivity contribution in [3.05, 3.63) is 0 Å². The molecular weight excluding hydrogens is 252 g/mol. The lowest BCUT2D eigenvalue weighted by molar-refractivity contribution is 0.0526. The Morgan fingerprint density at radius 2 is 1.53 bits per heavy atom. The van der Waals surface area contributed by atoms with Crippen LogP contribution in [0, 0.1) is 0 Å². The lowest BCUT2D eigenvalue weighted by atomic mass is 10.5. The summed E-state index contributed by atoms with van der Waals surface area (Å²) in [5, 5.41) is 0. The highest BCUT2D eigenvalue weighted by Crippen LogP contribution is 2.10. The molecule has 108 valence electrons. The van der Waals surface area contributed by atoms with E-state index >= 15 is 0 Å². The average molecular weight is 272 g/mol. The van der Waals surface area contributed by atoms with Gasteiger partial charge in [-0.3, -0.25) is 0 Å². The molecule has 1 aromatic heterocycles. The Morgan fingerprint density at radius 3 is 2.16 bits per heavy atom. The Bertz CT molecular complexity index is 365. The molecule has 19 heavy (non-hydrogen) atoms. The first kappa shape index (κ1) is 15.4. The summed E-state index contributed by atoms with van der Waals surface area (Å²) in [6.45, 7) is 4.31. The molecule has 2 N–H and O–H groups in total. The maximum atomic E-state index is 5.53. The van der Waals surface area contributed by atoms with Crippen LogP contribution in [0.25, 0.3) is 0 Å². The minimum absolute atomic E-state index is 0.0661. The Morgan fingerprint density at radius 1 is 0.895 bits per heavy atom. The van der Waals surface area contributed by atoms with E-state index in [1.165, 1.54) is 0 Å². The van der Waals surface area contributed by atoms with Crippen molar-refractivity contribution in [1.29, 1.82) is 0 Å². The Hall–Kier alpha value is -1.67. The van der Waals surface area contributed by atoms with Crippen molar-refractivity contribution in [1.82, 2.24) is 15.0 Å². The maximum Gasteiger partial charge on any atom is 0.324 e. The second-order valence-corrected chi connectivity index (χ2v) is 3.56. The van der Waals surface area contributed by atoms with Crippen LogP contribution in [0.3, 0.4) is 0 Å². The minimum Gasteiger partial charge on any atom is -0.463 e. The van der Waals surface area contributed by atoms with Crippen LogP contribution >= 0.6 is 0 Å². The molecule has 0 unspecified atom stereocenters. The van der Waals surface area contributed by atoms with E-state index in [1.807, 2.05) is 6.92 Å². The molecule has 0 saturated carbocycles. The molecule has 0 bridgehead atoms. The third-order valence-electron chi connectivity index (χ3n) is 1.94. The maximum absolute atomic E-state index is 5.53. The number of hydrogen-bond donors (Lipinski definition) is 1. The van der Waals surface area contributed by atoms with Gasteiger partial charge in [-0.05, 0) is 6.42 Å². The Kier molecular flexibility index (Phi) is 7.52. The fraction of sp³-hybridized carbons (Fsp3) is 0.727. The van der Waals surface area contributed by atoms with Crippen molar-refractivity contribution in [2.75, 3.05) is 45.9 Å². The molecule has 0 aliphatic heterocycles. The molecule has 0 aromatic carbocycles. The topological polar surface area (TPSA) is 102 Å². The van der Waals surface area contributed by atoms with Gasteiger partial charge in [0, 0.05) is 7.11 Å². The molecule has 8 nitrogen and oxygen atoms in total. The van der Waals surface area contributed by atoms with E-state index in [1.54, 1.807) is 7.11 Å². The van der Waals surface area contributed by atoms with Gasteiger partial charge in [0.2, 0.25) is 5.95 Å². The predicted octanol–water partition coefficient (Wildman–Crippen LogP) is 0.284. The molecule has 1 rings (SSSR count). The molecule has 1 aromatic rings. The third kappa shape index (κ3) is 6.73. The van der Waals surface area contributed by atoms with Gasteiger partial charge in [0.25, 0.3) is 0 Å². The van der Waals surface area contributed by atoms with Gasteiger partial charge in [0.05, 0.1) is 26.4 Å². The number of ether oxygens (including phenoxy) is 4. The molecule has 0 spiro atoms. The zero-order valence-corrected chi connectivity index (χ0v) is 11.3. The summed E-state index contributed by atoms with van der Waals surface area (Å²) in [6, 6.07) is 0.304. The van der Waals surface area contributed by atoms with Crippen molar-refractivity contribution in [2.24, 2.45) is 0 Å². The van der Waals surface area contributed by atoms with Crippen molar-refractivity contribution in [3.63, 3.8) is 0 Å². The number of hydrogen-bond acceptors (Lipinski definition) is 8. The van der Waals surface area contributed by atoms with Gasteiger partial charge < -0.3 is 24.7 Å². The number of rotatable bonds is 10. The van der Waals surface area contributed by atoms with Gasteiger partial charge in [-0.25, -0.2) is 0 Å². The summed E-state index contributed by atoms with van der Waals surface area (Å²) in [4.78, 5) is 11.7. The molecule has 0 fully saturated rings. The number of nitrogens with zero attached hydrogens (tertiary/aromatic N) is 3. The largest absolute Gasteiger partial charge is 0.463 e. The molecule has 0 amide bonds. The first-order valence-corrected chi connectivity index (χ1v) is 6.10. The van der Waals surface area contributed by atoms with Gasteiger partial charge in [-0.1, -0.05) is 6.92 Å². The quantitative estimate of drug-likeness (QED) is 0.606. The van der Waals surface area contributed by atoms with E-state index < -0.39 is 0 Å². The van der Waals surface area contributed by atoms with Crippen molar-refractivity contribution in [3.8, 4) is 12.0 Å². The van der Waals surface area contributed by atoms with Crippen molar-refractivity contribution in [2.45, 2.75) is 13.3 Å². The van der Waals surface area contributed by atoms with Gasteiger partial charge in [0.15, 0.2) is 0 Å². The molecule has 0 radical (unpaired) electrons. The fourth-order valence-corrected chi connectivity index (χ4v) is 1.11. The van der Waals surface area contributed by atoms with E-state index in [4.69, 9.17) is 24.7 Å². The predicted molar refractivity (Wildman–Crippen MR) is 68.2 cm³/mol. The first-order valence-electron chi connectivity index (χ1n) is 6.10. The van der Waals surface area contributed by atoms with E-state index in [9.17, 15) is 0 Å². The highest BCUT2D eigenvalue weighted by molar-refractivity contribution is 5.20. The highest BCUT2D eigenvalue weighted by Gasteiger charge is 2.06. The molecule has 0 atom stereocenters. The number of nitrogen functional groups attached to an aromatic ring is 1. The van der Waals surface area contributed by atoms with Gasteiger partial charge in [-0.15, -0.1) is 4.98 Å². The average Bonchev–Trinajstić information content (AvgIpc) is 2.40. The van der Waals surface area contributed by atoms with E-state index in [0.29, 0.717) is 33.0 Å². The third-order valence-corrected chi connectivity index (χ3v) is 1.94. The lowest BCUT2D eigenvalue weighted by Gasteiger charge is -2.07. The van der Waals surface area contributed by atoms with Crippen LogP contribution < -0.4 is 15.2 Å². The van der Waals surface area contributed by atoms with Crippen LogP contribution in [0.15, 0.2) is 0 Å². The molecule has 0 saturated heterocycles. The molecule has 0 aliphatic carbocycles. The van der Waals surface area contributed by atoms with E-state index in [0.717, 1.165) is 6.42 Å². The zero-order chi connectivity index (χ0) is 13.9. The van der Waals surface area contributed by atoms with Crippen molar-refractivity contribution < 1.29 is 18.9 Å².